The number of hydrogen-bond acceptors (Lipinski definition) is 4. The number of fused-ring (bicyclic) bond motifs is 1. The van der Waals surface area contributed by atoms with Crippen molar-refractivity contribution in [3.63, 3.8) is 0 Å². The van der Waals surface area contributed by atoms with Crippen LogP contribution in [0.2, 0.25) is 0 Å². The number of nitrogens with one attached hydrogen (secondary N) is 2. The zero-order chi connectivity index (χ0) is 29.0. The van der Waals surface area contributed by atoms with Crippen molar-refractivity contribution >= 4 is 34.3 Å². The van der Waals surface area contributed by atoms with Crippen LogP contribution >= 0.6 is 0 Å². The second kappa shape index (κ2) is 9.84. The van der Waals surface area contributed by atoms with Crippen molar-refractivity contribution in [2.75, 3.05) is 23.3 Å². The number of carbonyl (C=O) groups excluding carboxylic acids is 1. The smallest absolute Gasteiger partial charge is 0.371 e. The van der Waals surface area contributed by atoms with Crippen molar-refractivity contribution in [1.82, 2.24) is 14.9 Å². The molecule has 0 atom stereocenters. The molecule has 40 heavy (non-hydrogen) atoms. The number of anilines is 3. The summed E-state index contributed by atoms with van der Waals surface area (Å²) in [6, 6.07) is 7.59. The molecule has 2 heterocycles. The first-order chi connectivity index (χ1) is 18.7. The minimum absolute atomic E-state index is 0.0203. The predicted octanol–water partition coefficient (Wildman–Crippen LogP) is 6.50. The van der Waals surface area contributed by atoms with Crippen LogP contribution in [0.4, 0.5) is 48.1 Å². The number of amides is 1. The van der Waals surface area contributed by atoms with Gasteiger partial charge in [0.2, 0.25) is 11.9 Å². The molecule has 0 bridgehead atoms. The van der Waals surface area contributed by atoms with Crippen LogP contribution in [0.25, 0.3) is 11.0 Å². The summed E-state index contributed by atoms with van der Waals surface area (Å²) < 4.78 is 95.2. The van der Waals surface area contributed by atoms with Crippen LogP contribution in [0.5, 0.6) is 0 Å². The Bertz CT molecular complexity index is 1430. The Morgan fingerprint density at radius 3 is 2.35 bits per heavy atom. The first kappa shape index (κ1) is 28.0. The van der Waals surface area contributed by atoms with Crippen molar-refractivity contribution in [2.24, 2.45) is 18.4 Å². The van der Waals surface area contributed by atoms with E-state index in [1.807, 2.05) is 24.0 Å². The number of piperidine rings is 1. The molecule has 5 rings (SSSR count). The molecule has 216 valence electrons. The van der Waals surface area contributed by atoms with Gasteiger partial charge in [-0.25, -0.2) is 9.37 Å². The van der Waals surface area contributed by atoms with Gasteiger partial charge in [-0.3, -0.25) is 4.79 Å². The lowest BCUT2D eigenvalue weighted by molar-refractivity contribution is -0.192. The summed E-state index contributed by atoms with van der Waals surface area (Å²) in [5.41, 5.74) is 1.01. The molecule has 0 spiro atoms. The molecule has 2 N–H and O–H groups in total. The molecule has 2 fully saturated rings. The van der Waals surface area contributed by atoms with Gasteiger partial charge in [-0.1, -0.05) is 6.07 Å². The molecule has 2 aromatic carbocycles. The average Bonchev–Trinajstić information content (AvgIpc) is 3.65. The number of hydrogen-bond donors (Lipinski definition) is 2. The predicted molar refractivity (Wildman–Crippen MR) is 136 cm³/mol. The van der Waals surface area contributed by atoms with Crippen molar-refractivity contribution in [3.8, 4) is 0 Å². The van der Waals surface area contributed by atoms with Crippen LogP contribution < -0.4 is 15.5 Å². The normalized spacial score (nSPS) is 17.8. The third-order valence-electron chi connectivity index (χ3n) is 7.95. The summed E-state index contributed by atoms with van der Waals surface area (Å²) in [6.45, 7) is 2.20. The van der Waals surface area contributed by atoms with E-state index in [0.717, 1.165) is 17.3 Å². The summed E-state index contributed by atoms with van der Waals surface area (Å²) in [5, 5.41) is 5.22. The van der Waals surface area contributed by atoms with Crippen molar-refractivity contribution in [1.29, 1.82) is 0 Å². The molecule has 0 radical (unpaired) electrons. The van der Waals surface area contributed by atoms with E-state index in [2.05, 4.69) is 15.6 Å². The van der Waals surface area contributed by atoms with Crippen LogP contribution in [0.3, 0.4) is 0 Å². The van der Waals surface area contributed by atoms with E-state index in [-0.39, 0.29) is 57.0 Å². The number of alkyl halides is 6. The third kappa shape index (κ3) is 5.17. The number of rotatable bonds is 6. The van der Waals surface area contributed by atoms with Gasteiger partial charge in [0.25, 0.3) is 0 Å². The quantitative estimate of drug-likeness (QED) is 0.332. The Balaban J connectivity index is 1.32. The Hall–Kier alpha value is -3.51. The van der Waals surface area contributed by atoms with E-state index in [4.69, 9.17) is 0 Å². The van der Waals surface area contributed by atoms with Gasteiger partial charge in [0, 0.05) is 32.4 Å². The Kier molecular flexibility index (Phi) is 6.90. The molecule has 13 heteroatoms. The minimum atomic E-state index is -4.62. The zero-order valence-corrected chi connectivity index (χ0v) is 21.8. The number of nitrogens with zero attached hydrogens (tertiary/aromatic N) is 3. The number of halogens is 7. The van der Waals surface area contributed by atoms with Gasteiger partial charge >= 0.3 is 12.4 Å². The lowest BCUT2D eigenvalue weighted by Gasteiger charge is -2.35. The molecule has 6 nitrogen and oxygen atoms in total. The number of aryl methyl sites for hydroxylation is 2. The summed E-state index contributed by atoms with van der Waals surface area (Å²) in [7, 11) is 1.71. The highest BCUT2D eigenvalue weighted by atomic mass is 19.4. The maximum Gasteiger partial charge on any atom is 0.403 e. The largest absolute Gasteiger partial charge is 0.403 e. The van der Waals surface area contributed by atoms with Crippen molar-refractivity contribution < 1.29 is 35.5 Å². The molecule has 1 aliphatic carbocycles. The Labute approximate surface area is 225 Å². The maximum atomic E-state index is 14.7. The molecule has 1 amide bonds. The number of aromatic nitrogens is 2. The molecule has 0 unspecified atom stereocenters. The van der Waals surface area contributed by atoms with Crippen molar-refractivity contribution in [3.05, 3.63) is 47.3 Å². The molecule has 1 saturated carbocycles. The van der Waals surface area contributed by atoms with Crippen LogP contribution in [-0.4, -0.2) is 40.9 Å². The molecular weight excluding hydrogens is 543 g/mol. The van der Waals surface area contributed by atoms with E-state index < -0.39 is 35.4 Å². The van der Waals surface area contributed by atoms with E-state index in [1.54, 1.807) is 11.6 Å². The molecule has 1 aromatic heterocycles. The van der Waals surface area contributed by atoms with E-state index in [9.17, 15) is 35.5 Å². The first-order valence-corrected chi connectivity index (χ1v) is 12.9. The van der Waals surface area contributed by atoms with Crippen molar-refractivity contribution in [2.45, 2.75) is 51.5 Å². The maximum absolute atomic E-state index is 14.7. The van der Waals surface area contributed by atoms with Gasteiger partial charge in [-0.15, -0.1) is 0 Å². The summed E-state index contributed by atoms with van der Waals surface area (Å²) in [4.78, 5) is 18.6. The lowest BCUT2D eigenvalue weighted by atomic mass is 9.95. The SMILES string of the molecule is Cc1cc2nc(Nc3cc(CNC(=O)C4(C(F)(F)F)CC4)ccc3F)n(C)c2cc1N1CCC(C(F)(F)F)CC1. The number of imidazole rings is 1. The van der Waals surface area contributed by atoms with E-state index in [1.165, 1.54) is 12.1 Å². The van der Waals surface area contributed by atoms with Gasteiger partial charge in [0.1, 0.15) is 11.2 Å². The third-order valence-corrected chi connectivity index (χ3v) is 7.95. The topological polar surface area (TPSA) is 62.2 Å². The van der Waals surface area contributed by atoms with Gasteiger partial charge in [-0.05, 0) is 68.0 Å². The summed E-state index contributed by atoms with van der Waals surface area (Å²) in [6.07, 6.45) is -9.28. The van der Waals surface area contributed by atoms with Gasteiger partial charge in [0.15, 0.2) is 0 Å². The molecule has 1 saturated heterocycles. The van der Waals surface area contributed by atoms with E-state index in [0.29, 0.717) is 16.6 Å². The second-order valence-electron chi connectivity index (χ2n) is 10.6. The number of carbonyl (C=O) groups is 1. The lowest BCUT2D eigenvalue weighted by Crippen LogP contribution is -2.40. The molecule has 3 aromatic rings. The standard InChI is InChI=1S/C27H28F7N5O/c1-15-11-20-22(13-21(15)39-9-5-17(6-10-39)26(29,30)31)38(2)24(37-20)36-19-12-16(3-4-18(19)28)14-35-23(40)25(7-8-25)27(32,33)34/h3-4,11-13,17H,5-10,14H2,1-2H3,(H,35,40)(H,36,37). The molecule has 1 aliphatic heterocycles. The summed E-state index contributed by atoms with van der Waals surface area (Å²) >= 11 is 0. The number of benzene rings is 2. The Morgan fingerprint density at radius 1 is 1.07 bits per heavy atom. The first-order valence-electron chi connectivity index (χ1n) is 12.9. The minimum Gasteiger partial charge on any atom is -0.371 e. The van der Waals surface area contributed by atoms with Gasteiger partial charge in [-0.2, -0.15) is 26.3 Å². The zero-order valence-electron chi connectivity index (χ0n) is 21.8. The fourth-order valence-electron chi connectivity index (χ4n) is 5.25. The fourth-order valence-corrected chi connectivity index (χ4v) is 5.25. The summed E-state index contributed by atoms with van der Waals surface area (Å²) in [5.74, 6) is -2.74. The molecule has 2 aliphatic rings. The monoisotopic (exact) mass is 571 g/mol. The molecular formula is C27H28F7N5O. The highest BCUT2D eigenvalue weighted by Crippen LogP contribution is 2.57. The Morgan fingerprint density at radius 2 is 1.75 bits per heavy atom. The van der Waals surface area contributed by atoms with Crippen LogP contribution in [0.15, 0.2) is 30.3 Å². The van der Waals surface area contributed by atoms with Crippen LogP contribution in [0, 0.1) is 24.1 Å². The van der Waals surface area contributed by atoms with E-state index >= 15 is 0 Å². The highest BCUT2D eigenvalue weighted by Gasteiger charge is 2.68. The van der Waals surface area contributed by atoms with Gasteiger partial charge in [0.05, 0.1) is 22.6 Å². The highest BCUT2D eigenvalue weighted by molar-refractivity contribution is 5.86. The second-order valence-corrected chi connectivity index (χ2v) is 10.6. The fraction of sp³-hybridized carbons (Fsp3) is 0.481. The van der Waals surface area contributed by atoms with Crippen LogP contribution in [-0.2, 0) is 18.4 Å². The average molecular weight is 572 g/mol. The van der Waals surface area contributed by atoms with Crippen LogP contribution in [0.1, 0.15) is 36.8 Å². The van der Waals surface area contributed by atoms with Gasteiger partial charge < -0.3 is 20.1 Å².